The number of hydrogen-bond donors (Lipinski definition) is 0. The first kappa shape index (κ1) is 11.0. The minimum Gasteiger partial charge on any atom is -0.460 e. The molecule has 3 rings (SSSR count). The molecule has 0 bridgehead atoms. The summed E-state index contributed by atoms with van der Waals surface area (Å²) in [6, 6.07) is 10.9. The average Bonchev–Trinajstić information content (AvgIpc) is 2.39. The zero-order valence-corrected chi connectivity index (χ0v) is 9.88. The van der Waals surface area contributed by atoms with Gasteiger partial charge in [0, 0.05) is 11.6 Å². The second kappa shape index (κ2) is 4.31. The van der Waals surface area contributed by atoms with Crippen molar-refractivity contribution >= 4 is 0 Å². The van der Waals surface area contributed by atoms with E-state index in [1.807, 2.05) is 30.3 Å². The summed E-state index contributed by atoms with van der Waals surface area (Å²) in [4.78, 5) is 11.8. The lowest BCUT2D eigenvalue weighted by Gasteiger charge is -2.25. The van der Waals surface area contributed by atoms with Crippen LogP contribution >= 0.6 is 0 Å². The predicted molar refractivity (Wildman–Crippen MR) is 64.3 cm³/mol. The Balaban J connectivity index is 1.97. The Morgan fingerprint density at radius 1 is 1.22 bits per heavy atom. The summed E-state index contributed by atoms with van der Waals surface area (Å²) in [5.74, 6) is 1.26. The van der Waals surface area contributed by atoms with Gasteiger partial charge in [0.05, 0.1) is 0 Å². The molecule has 1 aromatic carbocycles. The summed E-state index contributed by atoms with van der Waals surface area (Å²) in [6.07, 6.45) is -0.552. The molecule has 2 aromatic rings. The third-order valence-corrected chi connectivity index (χ3v) is 2.76. The van der Waals surface area contributed by atoms with Gasteiger partial charge in [0.2, 0.25) is 17.5 Å². The molecule has 1 unspecified atom stereocenters. The van der Waals surface area contributed by atoms with E-state index in [1.165, 1.54) is 6.07 Å². The Kier molecular flexibility index (Phi) is 2.64. The van der Waals surface area contributed by atoms with Crippen molar-refractivity contribution in [1.82, 2.24) is 0 Å². The molecule has 0 N–H and O–H groups in total. The Labute approximate surface area is 104 Å². The van der Waals surface area contributed by atoms with Crippen molar-refractivity contribution in [2.75, 3.05) is 0 Å². The smallest absolute Gasteiger partial charge is 0.227 e. The summed E-state index contributed by atoms with van der Waals surface area (Å²) in [5.41, 5.74) is 0.709. The van der Waals surface area contributed by atoms with Gasteiger partial charge in [0.15, 0.2) is 5.76 Å². The van der Waals surface area contributed by atoms with E-state index in [-0.39, 0.29) is 17.8 Å². The molecule has 0 saturated heterocycles. The number of fused-ring (bicyclic) bond motifs is 1. The molecular weight excluding hydrogens is 232 g/mol. The fraction of sp³-hybridized carbons (Fsp3) is 0.214. The molecule has 4 nitrogen and oxygen atoms in total. The molecule has 0 amide bonds. The quantitative estimate of drug-likeness (QED) is 0.773. The predicted octanol–water partition coefficient (Wildman–Crippen LogP) is 2.56. The van der Waals surface area contributed by atoms with Crippen LogP contribution in [0.25, 0.3) is 0 Å². The van der Waals surface area contributed by atoms with E-state index in [2.05, 4.69) is 0 Å². The highest BCUT2D eigenvalue weighted by Gasteiger charge is 2.25. The van der Waals surface area contributed by atoms with Crippen molar-refractivity contribution in [1.29, 1.82) is 0 Å². The maximum Gasteiger partial charge on any atom is 0.227 e. The van der Waals surface area contributed by atoms with E-state index in [4.69, 9.17) is 13.9 Å². The molecule has 4 heteroatoms. The normalized spacial score (nSPS) is 17.9. The standard InChI is InChI=1S/C14H12O4/c1-9-7-11(15)13-12(17-9)8-16-14(18-13)10-5-3-2-4-6-10/h2-7,14H,8H2,1H3. The molecule has 2 heterocycles. The van der Waals surface area contributed by atoms with Crippen LogP contribution in [0.4, 0.5) is 0 Å². The Morgan fingerprint density at radius 2 is 2.00 bits per heavy atom. The highest BCUT2D eigenvalue weighted by molar-refractivity contribution is 5.29. The van der Waals surface area contributed by atoms with Crippen LogP contribution in [0.5, 0.6) is 5.75 Å². The fourth-order valence-corrected chi connectivity index (χ4v) is 1.94. The summed E-state index contributed by atoms with van der Waals surface area (Å²) in [6.45, 7) is 1.97. The van der Waals surface area contributed by atoms with Crippen LogP contribution < -0.4 is 10.2 Å². The molecule has 1 atom stereocenters. The summed E-state index contributed by atoms with van der Waals surface area (Å²) < 4.78 is 16.5. The maximum atomic E-state index is 11.8. The SMILES string of the molecule is Cc1cc(=O)c2c(o1)COC(c1ccccc1)O2. The lowest BCUT2D eigenvalue weighted by molar-refractivity contribution is -0.121. The van der Waals surface area contributed by atoms with Gasteiger partial charge in [-0.3, -0.25) is 4.79 Å². The number of rotatable bonds is 1. The number of ether oxygens (including phenoxy) is 2. The van der Waals surface area contributed by atoms with Crippen molar-refractivity contribution < 1.29 is 13.9 Å². The molecule has 1 aliphatic rings. The molecule has 0 aliphatic carbocycles. The van der Waals surface area contributed by atoms with Crippen LogP contribution in [-0.2, 0) is 11.3 Å². The van der Waals surface area contributed by atoms with Crippen LogP contribution in [0.2, 0.25) is 0 Å². The second-order valence-corrected chi connectivity index (χ2v) is 4.15. The van der Waals surface area contributed by atoms with E-state index < -0.39 is 6.29 Å². The molecule has 0 spiro atoms. The summed E-state index contributed by atoms with van der Waals surface area (Å²) >= 11 is 0. The van der Waals surface area contributed by atoms with Crippen LogP contribution in [0.3, 0.4) is 0 Å². The first-order valence-electron chi connectivity index (χ1n) is 5.71. The van der Waals surface area contributed by atoms with Gasteiger partial charge < -0.3 is 13.9 Å². The van der Waals surface area contributed by atoms with Gasteiger partial charge in [0.25, 0.3) is 0 Å². The number of aryl methyl sites for hydroxylation is 1. The highest BCUT2D eigenvalue weighted by atomic mass is 16.7. The Hall–Kier alpha value is -2.07. The zero-order chi connectivity index (χ0) is 12.5. The lowest BCUT2D eigenvalue weighted by Crippen LogP contribution is -2.22. The van der Waals surface area contributed by atoms with E-state index >= 15 is 0 Å². The molecular formula is C14H12O4. The van der Waals surface area contributed by atoms with E-state index in [9.17, 15) is 4.79 Å². The first-order chi connectivity index (χ1) is 8.74. The van der Waals surface area contributed by atoms with Crippen molar-refractivity contribution in [2.45, 2.75) is 19.8 Å². The van der Waals surface area contributed by atoms with Crippen molar-refractivity contribution in [3.63, 3.8) is 0 Å². The molecule has 0 saturated carbocycles. The average molecular weight is 244 g/mol. The van der Waals surface area contributed by atoms with Gasteiger partial charge in [0.1, 0.15) is 12.4 Å². The molecule has 0 fully saturated rings. The van der Waals surface area contributed by atoms with Crippen molar-refractivity contribution in [2.24, 2.45) is 0 Å². The van der Waals surface area contributed by atoms with E-state index in [1.54, 1.807) is 6.92 Å². The Morgan fingerprint density at radius 3 is 2.78 bits per heavy atom. The largest absolute Gasteiger partial charge is 0.460 e. The third-order valence-electron chi connectivity index (χ3n) is 2.76. The van der Waals surface area contributed by atoms with Crippen LogP contribution in [-0.4, -0.2) is 0 Å². The minimum atomic E-state index is -0.552. The summed E-state index contributed by atoms with van der Waals surface area (Å²) in [5, 5.41) is 0. The summed E-state index contributed by atoms with van der Waals surface area (Å²) in [7, 11) is 0. The van der Waals surface area contributed by atoms with Crippen molar-refractivity contribution in [3.05, 3.63) is 63.7 Å². The monoisotopic (exact) mass is 244 g/mol. The van der Waals surface area contributed by atoms with Gasteiger partial charge in [-0.25, -0.2) is 0 Å². The Bertz CT molecular complexity index is 615. The molecule has 18 heavy (non-hydrogen) atoms. The van der Waals surface area contributed by atoms with Gasteiger partial charge in [-0.2, -0.15) is 0 Å². The number of hydrogen-bond acceptors (Lipinski definition) is 4. The fourth-order valence-electron chi connectivity index (χ4n) is 1.94. The van der Waals surface area contributed by atoms with Crippen LogP contribution in [0.1, 0.15) is 23.4 Å². The van der Waals surface area contributed by atoms with E-state index in [0.29, 0.717) is 11.5 Å². The highest BCUT2D eigenvalue weighted by Crippen LogP contribution is 2.30. The maximum absolute atomic E-state index is 11.8. The molecule has 0 radical (unpaired) electrons. The van der Waals surface area contributed by atoms with Gasteiger partial charge in [-0.1, -0.05) is 30.3 Å². The first-order valence-corrected chi connectivity index (χ1v) is 5.71. The van der Waals surface area contributed by atoms with Gasteiger partial charge >= 0.3 is 0 Å². The number of benzene rings is 1. The van der Waals surface area contributed by atoms with Crippen LogP contribution in [0.15, 0.2) is 45.6 Å². The molecule has 1 aromatic heterocycles. The van der Waals surface area contributed by atoms with Crippen LogP contribution in [0, 0.1) is 6.92 Å². The van der Waals surface area contributed by atoms with Gasteiger partial charge in [-0.15, -0.1) is 0 Å². The van der Waals surface area contributed by atoms with Gasteiger partial charge in [-0.05, 0) is 6.92 Å². The minimum absolute atomic E-state index is 0.169. The third kappa shape index (κ3) is 1.91. The van der Waals surface area contributed by atoms with Crippen molar-refractivity contribution in [3.8, 4) is 5.75 Å². The molecule has 92 valence electrons. The van der Waals surface area contributed by atoms with E-state index in [0.717, 1.165) is 5.56 Å². The lowest BCUT2D eigenvalue weighted by atomic mass is 10.2. The zero-order valence-electron chi connectivity index (χ0n) is 9.88. The molecule has 1 aliphatic heterocycles. The second-order valence-electron chi connectivity index (χ2n) is 4.15. The topological polar surface area (TPSA) is 48.7 Å².